The maximum Gasteiger partial charge on any atom is 0.273 e. The quantitative estimate of drug-likeness (QED) is 0.555. The molecule has 3 aromatic rings. The SMILES string of the molecule is CS(=O)(=O)N1CCC(CCNC(=O)c2noc3c2CN(c2ncnc4[nH]ccc24)CC3)C1. The molecule has 12 heteroatoms. The molecule has 5 rings (SSSR count). The summed E-state index contributed by atoms with van der Waals surface area (Å²) in [5.41, 5.74) is 1.85. The zero-order valence-electron chi connectivity index (χ0n) is 17.7. The summed E-state index contributed by atoms with van der Waals surface area (Å²) >= 11 is 0. The molecular weight excluding hydrogens is 434 g/mol. The zero-order valence-corrected chi connectivity index (χ0v) is 18.6. The summed E-state index contributed by atoms with van der Waals surface area (Å²) in [7, 11) is -3.15. The third-order valence-electron chi connectivity index (χ3n) is 6.23. The fourth-order valence-corrected chi connectivity index (χ4v) is 5.41. The summed E-state index contributed by atoms with van der Waals surface area (Å²) in [5, 5.41) is 7.88. The van der Waals surface area contributed by atoms with Crippen LogP contribution in [-0.2, 0) is 23.0 Å². The molecule has 2 aliphatic heterocycles. The second-order valence-electron chi connectivity index (χ2n) is 8.36. The fraction of sp³-hybridized carbons (Fsp3) is 0.500. The number of H-pyrrole nitrogens is 1. The van der Waals surface area contributed by atoms with E-state index in [-0.39, 0.29) is 11.8 Å². The van der Waals surface area contributed by atoms with Gasteiger partial charge in [0.05, 0.1) is 18.2 Å². The van der Waals surface area contributed by atoms with E-state index in [0.29, 0.717) is 44.8 Å². The Bertz CT molecular complexity index is 1250. The number of hydrogen-bond donors (Lipinski definition) is 2. The highest BCUT2D eigenvalue weighted by Crippen LogP contribution is 2.29. The van der Waals surface area contributed by atoms with Gasteiger partial charge in [0.25, 0.3) is 5.91 Å². The third-order valence-corrected chi connectivity index (χ3v) is 7.50. The minimum atomic E-state index is -3.15. The van der Waals surface area contributed by atoms with Crippen molar-refractivity contribution in [3.05, 3.63) is 35.6 Å². The number of aromatic amines is 1. The Kier molecular flexibility index (Phi) is 5.33. The minimum Gasteiger partial charge on any atom is -0.360 e. The molecule has 1 fully saturated rings. The molecule has 1 saturated heterocycles. The number of sulfonamides is 1. The van der Waals surface area contributed by atoms with E-state index in [0.717, 1.165) is 41.0 Å². The normalized spacial score (nSPS) is 19.4. The molecule has 1 amide bonds. The van der Waals surface area contributed by atoms with Gasteiger partial charge in [-0.05, 0) is 24.8 Å². The van der Waals surface area contributed by atoms with Gasteiger partial charge in [-0.25, -0.2) is 22.7 Å². The van der Waals surface area contributed by atoms with E-state index in [1.807, 2.05) is 12.3 Å². The Morgan fingerprint density at radius 3 is 3.03 bits per heavy atom. The van der Waals surface area contributed by atoms with Crippen LogP contribution in [0.3, 0.4) is 0 Å². The lowest BCUT2D eigenvalue weighted by molar-refractivity contribution is 0.0941. The second kappa shape index (κ2) is 8.17. The number of carbonyl (C=O) groups excluding carboxylic acids is 1. The van der Waals surface area contributed by atoms with Crippen LogP contribution in [0.25, 0.3) is 11.0 Å². The first-order chi connectivity index (χ1) is 15.4. The van der Waals surface area contributed by atoms with E-state index < -0.39 is 10.0 Å². The molecule has 3 aromatic heterocycles. The van der Waals surface area contributed by atoms with Crippen molar-refractivity contribution in [1.29, 1.82) is 0 Å². The highest BCUT2D eigenvalue weighted by molar-refractivity contribution is 7.88. The topological polar surface area (TPSA) is 137 Å². The van der Waals surface area contributed by atoms with Crippen LogP contribution >= 0.6 is 0 Å². The predicted octanol–water partition coefficient (Wildman–Crippen LogP) is 0.910. The van der Waals surface area contributed by atoms with Crippen molar-refractivity contribution in [3.63, 3.8) is 0 Å². The maximum atomic E-state index is 12.8. The van der Waals surface area contributed by atoms with Gasteiger partial charge < -0.3 is 19.7 Å². The Hall–Kier alpha value is -2.99. The Labute approximate surface area is 185 Å². The van der Waals surface area contributed by atoms with E-state index in [9.17, 15) is 13.2 Å². The standard InChI is InChI=1S/C20H25N7O4S/c1-32(29,30)27-9-4-13(10-27)2-6-22-20(28)17-15-11-26(8-5-16(15)31-25-17)19-14-3-7-21-18(14)23-12-24-19/h3,7,12-13H,2,4-6,8-11H2,1H3,(H,22,28)(H,21,23,24). The zero-order chi connectivity index (χ0) is 22.3. The molecule has 11 nitrogen and oxygen atoms in total. The molecule has 5 heterocycles. The van der Waals surface area contributed by atoms with E-state index >= 15 is 0 Å². The van der Waals surface area contributed by atoms with Gasteiger partial charge >= 0.3 is 0 Å². The maximum absolute atomic E-state index is 12.8. The summed E-state index contributed by atoms with van der Waals surface area (Å²) < 4.78 is 30.3. The molecule has 0 radical (unpaired) electrons. The van der Waals surface area contributed by atoms with Crippen LogP contribution in [0.15, 0.2) is 23.1 Å². The minimum absolute atomic E-state index is 0.244. The first-order valence-corrected chi connectivity index (χ1v) is 12.5. The molecule has 0 aromatic carbocycles. The largest absolute Gasteiger partial charge is 0.360 e. The summed E-state index contributed by atoms with van der Waals surface area (Å²) in [6.07, 6.45) is 6.75. The van der Waals surface area contributed by atoms with Crippen molar-refractivity contribution in [3.8, 4) is 0 Å². The number of hydrogen-bond acceptors (Lipinski definition) is 8. The van der Waals surface area contributed by atoms with E-state index in [4.69, 9.17) is 4.52 Å². The monoisotopic (exact) mass is 459 g/mol. The van der Waals surface area contributed by atoms with Crippen molar-refractivity contribution in [2.45, 2.75) is 25.8 Å². The number of carbonyl (C=O) groups is 1. The van der Waals surface area contributed by atoms with Crippen molar-refractivity contribution < 1.29 is 17.7 Å². The molecule has 170 valence electrons. The molecule has 1 atom stereocenters. The average molecular weight is 460 g/mol. The van der Waals surface area contributed by atoms with Crippen molar-refractivity contribution in [1.82, 2.24) is 29.7 Å². The first-order valence-electron chi connectivity index (χ1n) is 10.6. The van der Waals surface area contributed by atoms with Gasteiger partial charge in [-0.1, -0.05) is 5.16 Å². The van der Waals surface area contributed by atoms with Gasteiger partial charge in [-0.2, -0.15) is 0 Å². The van der Waals surface area contributed by atoms with Crippen LogP contribution in [0.2, 0.25) is 0 Å². The lowest BCUT2D eigenvalue weighted by Crippen LogP contribution is -2.33. The van der Waals surface area contributed by atoms with Gasteiger partial charge in [-0.3, -0.25) is 4.79 Å². The van der Waals surface area contributed by atoms with Gasteiger partial charge in [0.15, 0.2) is 5.69 Å². The first kappa shape index (κ1) is 20.9. The third kappa shape index (κ3) is 3.95. The molecular formula is C20H25N7O4S. The Balaban J connectivity index is 1.23. The van der Waals surface area contributed by atoms with Crippen LogP contribution in [0.1, 0.15) is 34.7 Å². The van der Waals surface area contributed by atoms with E-state index in [1.54, 1.807) is 0 Å². The number of fused-ring (bicyclic) bond motifs is 2. The summed E-state index contributed by atoms with van der Waals surface area (Å²) in [4.78, 5) is 26.7. The number of nitrogens with zero attached hydrogens (tertiary/aromatic N) is 5. The van der Waals surface area contributed by atoms with Crippen LogP contribution in [0, 0.1) is 5.92 Å². The van der Waals surface area contributed by atoms with E-state index in [2.05, 4.69) is 30.3 Å². The number of anilines is 1. The summed E-state index contributed by atoms with van der Waals surface area (Å²) in [6.45, 7) is 2.70. The summed E-state index contributed by atoms with van der Waals surface area (Å²) in [6, 6.07) is 1.94. The molecule has 2 aliphatic rings. The van der Waals surface area contributed by atoms with Crippen molar-refractivity contribution in [2.24, 2.45) is 5.92 Å². The second-order valence-corrected chi connectivity index (χ2v) is 10.3. The van der Waals surface area contributed by atoms with Gasteiger partial charge in [-0.15, -0.1) is 0 Å². The fourth-order valence-electron chi connectivity index (χ4n) is 4.49. The number of rotatable bonds is 6. The summed E-state index contributed by atoms with van der Waals surface area (Å²) in [5.74, 6) is 1.51. The highest BCUT2D eigenvalue weighted by Gasteiger charge is 2.30. The Morgan fingerprint density at radius 2 is 2.22 bits per heavy atom. The number of aromatic nitrogens is 4. The van der Waals surface area contributed by atoms with Crippen LogP contribution in [0.5, 0.6) is 0 Å². The van der Waals surface area contributed by atoms with E-state index in [1.165, 1.54) is 16.9 Å². The molecule has 0 bridgehead atoms. The molecule has 1 unspecified atom stereocenters. The predicted molar refractivity (Wildman–Crippen MR) is 117 cm³/mol. The molecule has 0 aliphatic carbocycles. The molecule has 32 heavy (non-hydrogen) atoms. The van der Waals surface area contributed by atoms with Crippen LogP contribution < -0.4 is 10.2 Å². The lowest BCUT2D eigenvalue weighted by atomic mass is 10.0. The molecule has 0 spiro atoms. The highest BCUT2D eigenvalue weighted by atomic mass is 32.2. The van der Waals surface area contributed by atoms with Gasteiger partial charge in [0.1, 0.15) is 23.6 Å². The smallest absolute Gasteiger partial charge is 0.273 e. The molecule has 2 N–H and O–H groups in total. The number of amides is 1. The number of nitrogens with one attached hydrogen (secondary N) is 2. The van der Waals surface area contributed by atoms with Crippen LogP contribution in [-0.4, -0.2) is 71.2 Å². The Morgan fingerprint density at radius 1 is 1.34 bits per heavy atom. The van der Waals surface area contributed by atoms with Crippen molar-refractivity contribution in [2.75, 3.05) is 37.3 Å². The van der Waals surface area contributed by atoms with Gasteiger partial charge in [0.2, 0.25) is 10.0 Å². The molecule has 0 saturated carbocycles. The average Bonchev–Trinajstić information content (AvgIpc) is 3.51. The van der Waals surface area contributed by atoms with Gasteiger partial charge in [0, 0.05) is 44.4 Å². The lowest BCUT2D eigenvalue weighted by Gasteiger charge is -2.27. The van der Waals surface area contributed by atoms with Crippen LogP contribution in [0.4, 0.5) is 5.82 Å². The van der Waals surface area contributed by atoms with Crippen molar-refractivity contribution >= 4 is 32.8 Å².